The number of likely N-dealkylation sites (tertiary alicyclic amines) is 1. The Kier molecular flexibility index (Phi) is 5.95. The molecule has 0 spiro atoms. The molecule has 4 nitrogen and oxygen atoms in total. The average molecular weight is 309 g/mol. The minimum Gasteiger partial charge on any atom is -0.352 e. The lowest BCUT2D eigenvalue weighted by atomic mass is 9.94. The van der Waals surface area contributed by atoms with E-state index >= 15 is 0 Å². The van der Waals surface area contributed by atoms with Crippen molar-refractivity contribution in [3.05, 3.63) is 0 Å². The highest BCUT2D eigenvalue weighted by atomic mass is 32.2. The second kappa shape index (κ2) is 7.51. The lowest BCUT2D eigenvalue weighted by Gasteiger charge is -2.39. The van der Waals surface area contributed by atoms with E-state index in [0.29, 0.717) is 6.04 Å². The number of amides is 1. The van der Waals surface area contributed by atoms with Crippen molar-refractivity contribution < 1.29 is 4.79 Å². The number of nitrogens with one attached hydrogen (secondary N) is 1. The molecule has 1 aliphatic carbocycles. The highest BCUT2D eigenvalue weighted by molar-refractivity contribution is 8.00. The third kappa shape index (κ3) is 4.14. The first-order valence-electron chi connectivity index (χ1n) is 8.11. The average Bonchev–Trinajstić information content (AvgIpc) is 2.55. The number of rotatable bonds is 4. The summed E-state index contributed by atoms with van der Waals surface area (Å²) in [5.41, 5.74) is 0. The van der Waals surface area contributed by atoms with Crippen LogP contribution in [0.4, 0.5) is 0 Å². The van der Waals surface area contributed by atoms with Crippen LogP contribution in [0, 0.1) is 11.3 Å². The van der Waals surface area contributed by atoms with Gasteiger partial charge in [-0.2, -0.15) is 5.26 Å². The third-order valence-corrected chi connectivity index (χ3v) is 6.36. The third-order valence-electron chi connectivity index (χ3n) is 5.08. The number of thioether (sulfide) groups is 1. The van der Waals surface area contributed by atoms with Crippen molar-refractivity contribution in [3.8, 4) is 6.07 Å². The molecule has 2 aliphatic rings. The number of carbonyl (C=O) groups excluding carboxylic acids is 1. The van der Waals surface area contributed by atoms with Crippen LogP contribution in [-0.4, -0.2) is 47.0 Å². The van der Waals surface area contributed by atoms with Crippen LogP contribution in [0.2, 0.25) is 0 Å². The van der Waals surface area contributed by atoms with Gasteiger partial charge in [-0.3, -0.25) is 9.69 Å². The zero-order chi connectivity index (χ0) is 15.3. The van der Waals surface area contributed by atoms with E-state index in [1.165, 1.54) is 19.3 Å². The molecule has 0 aromatic carbocycles. The van der Waals surface area contributed by atoms with Gasteiger partial charge in [0.25, 0.3) is 0 Å². The number of hydrogen-bond donors (Lipinski definition) is 1. The van der Waals surface area contributed by atoms with Gasteiger partial charge in [-0.05, 0) is 38.9 Å². The first-order valence-corrected chi connectivity index (χ1v) is 9.33. The second-order valence-corrected chi connectivity index (χ2v) is 7.56. The zero-order valence-corrected chi connectivity index (χ0v) is 14.0. The maximum absolute atomic E-state index is 12.4. The molecular formula is C16H27N3OS. The van der Waals surface area contributed by atoms with Crippen molar-refractivity contribution in [1.82, 2.24) is 10.2 Å². The van der Waals surface area contributed by atoms with E-state index in [9.17, 15) is 10.1 Å². The SMILES string of the molecule is CSC1(C#N)CCN(C(C)C(=O)NC2CCCCC2)CC1. The molecule has 0 aromatic rings. The van der Waals surface area contributed by atoms with E-state index in [4.69, 9.17) is 0 Å². The number of hydrogen-bond acceptors (Lipinski definition) is 4. The zero-order valence-electron chi connectivity index (χ0n) is 13.2. The van der Waals surface area contributed by atoms with Crippen molar-refractivity contribution in [2.75, 3.05) is 19.3 Å². The Labute approximate surface area is 132 Å². The molecule has 1 atom stereocenters. The van der Waals surface area contributed by atoms with Gasteiger partial charge in [0.05, 0.1) is 12.1 Å². The van der Waals surface area contributed by atoms with Crippen LogP contribution in [0.5, 0.6) is 0 Å². The van der Waals surface area contributed by atoms with Crippen LogP contribution < -0.4 is 5.32 Å². The van der Waals surface area contributed by atoms with Crippen LogP contribution in [0.25, 0.3) is 0 Å². The van der Waals surface area contributed by atoms with Crippen molar-refractivity contribution in [2.24, 2.45) is 0 Å². The summed E-state index contributed by atoms with van der Waals surface area (Å²) < 4.78 is -0.240. The summed E-state index contributed by atoms with van der Waals surface area (Å²) >= 11 is 1.66. The summed E-state index contributed by atoms with van der Waals surface area (Å²) in [7, 11) is 0. The summed E-state index contributed by atoms with van der Waals surface area (Å²) in [4.78, 5) is 14.6. The number of nitriles is 1. The van der Waals surface area contributed by atoms with E-state index in [1.807, 2.05) is 13.2 Å². The lowest BCUT2D eigenvalue weighted by molar-refractivity contribution is -0.127. The van der Waals surface area contributed by atoms with Gasteiger partial charge in [-0.25, -0.2) is 0 Å². The van der Waals surface area contributed by atoms with E-state index in [0.717, 1.165) is 38.8 Å². The highest BCUT2D eigenvalue weighted by Gasteiger charge is 2.36. The molecule has 1 saturated heterocycles. The topological polar surface area (TPSA) is 56.1 Å². The minimum atomic E-state index is -0.240. The molecule has 5 heteroatoms. The number of nitrogens with zero attached hydrogens (tertiary/aromatic N) is 2. The van der Waals surface area contributed by atoms with Gasteiger partial charge in [0.15, 0.2) is 0 Å². The van der Waals surface area contributed by atoms with Gasteiger partial charge in [0.2, 0.25) is 5.91 Å². The van der Waals surface area contributed by atoms with Gasteiger partial charge in [0, 0.05) is 19.1 Å². The van der Waals surface area contributed by atoms with Gasteiger partial charge in [-0.15, -0.1) is 11.8 Å². The Morgan fingerprint density at radius 2 is 1.95 bits per heavy atom. The van der Waals surface area contributed by atoms with E-state index in [-0.39, 0.29) is 16.7 Å². The van der Waals surface area contributed by atoms with E-state index in [1.54, 1.807) is 11.8 Å². The van der Waals surface area contributed by atoms with Crippen LogP contribution in [0.1, 0.15) is 51.9 Å². The van der Waals surface area contributed by atoms with Gasteiger partial charge in [-0.1, -0.05) is 19.3 Å². The van der Waals surface area contributed by atoms with Crippen LogP contribution in [-0.2, 0) is 4.79 Å². The second-order valence-electron chi connectivity index (χ2n) is 6.37. The Hall–Kier alpha value is -0.730. The molecule has 118 valence electrons. The fourth-order valence-electron chi connectivity index (χ4n) is 3.37. The van der Waals surface area contributed by atoms with Gasteiger partial charge in [0.1, 0.15) is 4.75 Å². The molecule has 1 N–H and O–H groups in total. The van der Waals surface area contributed by atoms with Crippen LogP contribution in [0.15, 0.2) is 0 Å². The summed E-state index contributed by atoms with van der Waals surface area (Å²) in [6.07, 6.45) is 9.75. The molecule has 2 fully saturated rings. The predicted octanol–water partition coefficient (Wildman–Crippen LogP) is 2.54. The fraction of sp³-hybridized carbons (Fsp3) is 0.875. The molecule has 21 heavy (non-hydrogen) atoms. The summed E-state index contributed by atoms with van der Waals surface area (Å²) in [6, 6.07) is 2.76. The highest BCUT2D eigenvalue weighted by Crippen LogP contribution is 2.34. The first kappa shape index (κ1) is 16.6. The van der Waals surface area contributed by atoms with Gasteiger partial charge >= 0.3 is 0 Å². The standard InChI is InChI=1S/C16H27N3OS/c1-13(15(20)18-14-6-4-3-5-7-14)19-10-8-16(12-17,21-2)9-11-19/h13-14H,3-11H2,1-2H3,(H,18,20). The number of carbonyl (C=O) groups is 1. The van der Waals surface area contributed by atoms with Crippen molar-refractivity contribution in [3.63, 3.8) is 0 Å². The molecule has 1 unspecified atom stereocenters. The largest absolute Gasteiger partial charge is 0.352 e. The normalized spacial score (nSPS) is 25.0. The molecule has 1 amide bonds. The van der Waals surface area contributed by atoms with E-state index in [2.05, 4.69) is 16.3 Å². The maximum Gasteiger partial charge on any atom is 0.237 e. The predicted molar refractivity (Wildman–Crippen MR) is 87.1 cm³/mol. The summed E-state index contributed by atoms with van der Waals surface area (Å²) in [5.74, 6) is 0.163. The smallest absolute Gasteiger partial charge is 0.237 e. The van der Waals surface area contributed by atoms with Crippen LogP contribution in [0.3, 0.4) is 0 Å². The fourth-order valence-corrected chi connectivity index (χ4v) is 4.05. The van der Waals surface area contributed by atoms with Crippen LogP contribution >= 0.6 is 11.8 Å². The monoisotopic (exact) mass is 309 g/mol. The van der Waals surface area contributed by atoms with Gasteiger partial charge < -0.3 is 5.32 Å². The maximum atomic E-state index is 12.4. The molecule has 0 aromatic heterocycles. The summed E-state index contributed by atoms with van der Waals surface area (Å²) in [5, 5.41) is 12.5. The Balaban J connectivity index is 1.82. The quantitative estimate of drug-likeness (QED) is 0.867. The minimum absolute atomic E-state index is 0.0783. The first-order chi connectivity index (χ1) is 10.1. The summed E-state index contributed by atoms with van der Waals surface area (Å²) in [6.45, 7) is 3.68. The molecule has 2 rings (SSSR count). The molecule has 1 aliphatic heterocycles. The lowest BCUT2D eigenvalue weighted by Crippen LogP contribution is -2.52. The molecular weight excluding hydrogens is 282 g/mol. The molecule has 1 heterocycles. The Bertz CT molecular complexity index is 393. The van der Waals surface area contributed by atoms with Crippen molar-refractivity contribution in [1.29, 1.82) is 5.26 Å². The molecule has 0 radical (unpaired) electrons. The Morgan fingerprint density at radius 3 is 2.48 bits per heavy atom. The number of piperidine rings is 1. The van der Waals surface area contributed by atoms with Crippen molar-refractivity contribution in [2.45, 2.75) is 68.7 Å². The van der Waals surface area contributed by atoms with E-state index < -0.39 is 0 Å². The Morgan fingerprint density at radius 1 is 1.33 bits per heavy atom. The molecule has 0 bridgehead atoms. The van der Waals surface area contributed by atoms with Crippen molar-refractivity contribution >= 4 is 17.7 Å². The molecule has 1 saturated carbocycles.